The molecular weight excluding hydrogens is 246 g/mol. The number of nitrogens with zero attached hydrogens (tertiary/aromatic N) is 5. The molecule has 0 saturated carbocycles. The Bertz CT molecular complexity index is 598. The van der Waals surface area contributed by atoms with E-state index in [4.69, 9.17) is 5.84 Å². The van der Waals surface area contributed by atoms with Gasteiger partial charge < -0.3 is 0 Å². The van der Waals surface area contributed by atoms with Gasteiger partial charge in [-0.2, -0.15) is 5.10 Å². The first kappa shape index (κ1) is 13.2. The number of hydrogen-bond acceptors (Lipinski definition) is 5. The van der Waals surface area contributed by atoms with Crippen LogP contribution in [-0.4, -0.2) is 30.7 Å². The molecule has 0 radical (unpaired) electrons. The molecule has 3 N–H and O–H groups in total. The van der Waals surface area contributed by atoms with Crippen molar-refractivity contribution in [3.05, 3.63) is 28.8 Å². The van der Waals surface area contributed by atoms with Crippen molar-refractivity contribution in [2.24, 2.45) is 5.84 Å². The van der Waals surface area contributed by atoms with Gasteiger partial charge in [0.15, 0.2) is 5.69 Å². The van der Waals surface area contributed by atoms with Crippen molar-refractivity contribution in [2.75, 3.05) is 0 Å². The van der Waals surface area contributed by atoms with Gasteiger partial charge in [-0.05, 0) is 26.3 Å². The summed E-state index contributed by atoms with van der Waals surface area (Å²) in [6, 6.07) is 0. The van der Waals surface area contributed by atoms with Crippen LogP contribution in [0.5, 0.6) is 0 Å². The molecule has 0 saturated heterocycles. The summed E-state index contributed by atoms with van der Waals surface area (Å²) in [7, 11) is 0. The number of carbonyl (C=O) groups is 1. The van der Waals surface area contributed by atoms with Gasteiger partial charge in [-0.3, -0.25) is 14.9 Å². The molecule has 0 unspecified atom stereocenters. The number of carbonyl (C=O) groups excluding carboxylic acids is 1. The van der Waals surface area contributed by atoms with Crippen molar-refractivity contribution in [2.45, 2.75) is 33.9 Å². The Morgan fingerprint density at radius 3 is 2.68 bits per heavy atom. The molecule has 102 valence electrons. The molecule has 2 rings (SSSR count). The van der Waals surface area contributed by atoms with Crippen LogP contribution in [0, 0.1) is 20.8 Å². The summed E-state index contributed by atoms with van der Waals surface area (Å²) < 4.78 is 3.52. The Balaban J connectivity index is 2.04. The molecule has 8 nitrogen and oxygen atoms in total. The first-order chi connectivity index (χ1) is 9.02. The number of nitrogen functional groups attached to an aromatic ring is 1. The average Bonchev–Trinajstić information content (AvgIpc) is 2.97. The number of nitrogens with two attached hydrogens (primary N) is 1. The van der Waals surface area contributed by atoms with Crippen LogP contribution in [0.25, 0.3) is 0 Å². The number of aromatic nitrogens is 5. The zero-order valence-corrected chi connectivity index (χ0v) is 11.2. The van der Waals surface area contributed by atoms with E-state index in [-0.39, 0.29) is 5.69 Å². The van der Waals surface area contributed by atoms with Crippen molar-refractivity contribution < 1.29 is 4.79 Å². The number of hydrogen-bond donors (Lipinski definition) is 2. The van der Waals surface area contributed by atoms with E-state index < -0.39 is 5.91 Å². The lowest BCUT2D eigenvalue weighted by atomic mass is 10.2. The Kier molecular flexibility index (Phi) is 3.61. The van der Waals surface area contributed by atoms with Gasteiger partial charge in [-0.25, -0.2) is 10.5 Å². The largest absolute Gasteiger partial charge is 0.289 e. The zero-order valence-electron chi connectivity index (χ0n) is 11.2. The second kappa shape index (κ2) is 5.19. The monoisotopic (exact) mass is 263 g/mol. The fourth-order valence-corrected chi connectivity index (χ4v) is 1.79. The van der Waals surface area contributed by atoms with Crippen LogP contribution < -0.4 is 11.3 Å². The first-order valence-electron chi connectivity index (χ1n) is 5.94. The Hall–Kier alpha value is -2.22. The average molecular weight is 263 g/mol. The molecule has 8 heteroatoms. The Morgan fingerprint density at radius 1 is 1.37 bits per heavy atom. The van der Waals surface area contributed by atoms with Crippen LogP contribution in [0.1, 0.15) is 27.4 Å². The molecule has 2 aromatic heterocycles. The van der Waals surface area contributed by atoms with Crippen molar-refractivity contribution in [3.63, 3.8) is 0 Å². The summed E-state index contributed by atoms with van der Waals surface area (Å²) in [5.41, 5.74) is 5.58. The summed E-state index contributed by atoms with van der Waals surface area (Å²) in [4.78, 5) is 11.2. The second-order valence-corrected chi connectivity index (χ2v) is 4.36. The normalized spacial score (nSPS) is 10.7. The molecule has 0 aromatic carbocycles. The summed E-state index contributed by atoms with van der Waals surface area (Å²) in [6.07, 6.45) is 1.56. The predicted octanol–water partition coefficient (Wildman–Crippen LogP) is -0.296. The van der Waals surface area contributed by atoms with E-state index in [2.05, 4.69) is 15.4 Å². The molecule has 1 amide bonds. The third kappa shape index (κ3) is 2.63. The quantitative estimate of drug-likeness (QED) is 0.448. The Morgan fingerprint density at radius 2 is 2.11 bits per heavy atom. The minimum absolute atomic E-state index is 0.201. The van der Waals surface area contributed by atoms with Gasteiger partial charge in [0.05, 0.1) is 25.0 Å². The van der Waals surface area contributed by atoms with E-state index in [9.17, 15) is 4.79 Å². The summed E-state index contributed by atoms with van der Waals surface area (Å²) in [5.74, 6) is 4.58. The first-order valence-corrected chi connectivity index (χ1v) is 5.94. The molecule has 0 atom stereocenters. The molecule has 0 aliphatic rings. The molecule has 0 aliphatic carbocycles. The molecule has 19 heavy (non-hydrogen) atoms. The number of aryl methyl sites for hydroxylation is 3. The van der Waals surface area contributed by atoms with Crippen LogP contribution in [0.3, 0.4) is 0 Å². The second-order valence-electron chi connectivity index (χ2n) is 4.36. The highest BCUT2D eigenvalue weighted by Crippen LogP contribution is 2.10. The molecule has 0 aliphatic heterocycles. The third-order valence-corrected chi connectivity index (χ3v) is 3.19. The molecule has 2 aromatic rings. The van der Waals surface area contributed by atoms with Crippen molar-refractivity contribution in [1.82, 2.24) is 30.2 Å². The highest BCUT2D eigenvalue weighted by atomic mass is 16.2. The maximum atomic E-state index is 11.2. The lowest BCUT2D eigenvalue weighted by Crippen LogP contribution is -2.30. The predicted molar refractivity (Wildman–Crippen MR) is 68.1 cm³/mol. The van der Waals surface area contributed by atoms with E-state index in [1.54, 1.807) is 10.9 Å². The van der Waals surface area contributed by atoms with Gasteiger partial charge in [0.25, 0.3) is 5.91 Å². The number of nitrogens with one attached hydrogen (secondary N) is 1. The molecule has 2 heterocycles. The molecule has 0 bridgehead atoms. The van der Waals surface area contributed by atoms with Crippen LogP contribution in [0.4, 0.5) is 0 Å². The summed E-state index contributed by atoms with van der Waals surface area (Å²) >= 11 is 0. The smallest absolute Gasteiger partial charge is 0.287 e. The maximum Gasteiger partial charge on any atom is 0.287 e. The zero-order chi connectivity index (χ0) is 14.0. The van der Waals surface area contributed by atoms with Gasteiger partial charge in [0.1, 0.15) is 0 Å². The van der Waals surface area contributed by atoms with Crippen molar-refractivity contribution in [1.29, 1.82) is 0 Å². The Labute approximate surface area is 110 Å². The lowest BCUT2D eigenvalue weighted by Gasteiger charge is -2.04. The molecular formula is C11H17N7O. The molecule has 0 spiro atoms. The fraction of sp³-hybridized carbons (Fsp3) is 0.455. The topological polar surface area (TPSA) is 104 Å². The minimum Gasteiger partial charge on any atom is -0.289 e. The van der Waals surface area contributed by atoms with E-state index in [1.165, 1.54) is 5.56 Å². The lowest BCUT2D eigenvalue weighted by molar-refractivity contribution is 0.0948. The number of amides is 1. The van der Waals surface area contributed by atoms with Crippen LogP contribution >= 0.6 is 0 Å². The maximum absolute atomic E-state index is 11.2. The van der Waals surface area contributed by atoms with E-state index in [1.807, 2.05) is 30.9 Å². The van der Waals surface area contributed by atoms with Gasteiger partial charge in [-0.1, -0.05) is 5.21 Å². The van der Waals surface area contributed by atoms with Gasteiger partial charge in [0.2, 0.25) is 0 Å². The van der Waals surface area contributed by atoms with Gasteiger partial charge >= 0.3 is 0 Å². The van der Waals surface area contributed by atoms with Gasteiger partial charge in [-0.15, -0.1) is 5.10 Å². The standard InChI is InChI=1S/C11H17N7O/c1-7-8(2)15-18(9(7)3)5-4-17-6-10(14-16-17)11(19)13-12/h6H,4-5,12H2,1-3H3,(H,13,19). The van der Waals surface area contributed by atoms with E-state index in [0.717, 1.165) is 11.4 Å². The molecule has 0 fully saturated rings. The third-order valence-electron chi connectivity index (χ3n) is 3.19. The van der Waals surface area contributed by atoms with Crippen LogP contribution in [0.15, 0.2) is 6.20 Å². The van der Waals surface area contributed by atoms with Crippen LogP contribution in [-0.2, 0) is 13.1 Å². The van der Waals surface area contributed by atoms with E-state index in [0.29, 0.717) is 13.1 Å². The van der Waals surface area contributed by atoms with E-state index >= 15 is 0 Å². The van der Waals surface area contributed by atoms with Gasteiger partial charge in [0, 0.05) is 5.69 Å². The van der Waals surface area contributed by atoms with Crippen molar-refractivity contribution in [3.8, 4) is 0 Å². The van der Waals surface area contributed by atoms with Crippen molar-refractivity contribution >= 4 is 5.91 Å². The minimum atomic E-state index is -0.451. The highest BCUT2D eigenvalue weighted by Gasteiger charge is 2.10. The number of rotatable bonds is 4. The highest BCUT2D eigenvalue weighted by molar-refractivity contribution is 5.91. The number of hydrazine groups is 1. The SMILES string of the molecule is Cc1nn(CCn2cc(C(=O)NN)nn2)c(C)c1C. The fourth-order valence-electron chi connectivity index (χ4n) is 1.79. The summed E-state index contributed by atoms with van der Waals surface area (Å²) in [6.45, 7) is 7.33. The van der Waals surface area contributed by atoms with Crippen LogP contribution in [0.2, 0.25) is 0 Å². The summed E-state index contributed by atoms with van der Waals surface area (Å²) in [5, 5.41) is 12.0.